The van der Waals surface area contributed by atoms with Crippen molar-refractivity contribution < 1.29 is 9.90 Å². The number of hydrogen-bond donors (Lipinski definition) is 3. The lowest BCUT2D eigenvalue weighted by atomic mass is 9.87. The van der Waals surface area contributed by atoms with E-state index < -0.39 is 0 Å². The van der Waals surface area contributed by atoms with E-state index >= 15 is 0 Å². The number of aliphatic hydroxyl groups is 1. The average molecular weight is 340 g/mol. The molecular formula is C19H37N3O2. The molecule has 0 aromatic carbocycles. The second kappa shape index (κ2) is 9.04. The number of carbonyl (C=O) groups is 1. The maximum atomic E-state index is 12.1. The summed E-state index contributed by atoms with van der Waals surface area (Å²) in [5, 5.41) is 15.6. The van der Waals surface area contributed by atoms with Gasteiger partial charge in [-0.2, -0.15) is 0 Å². The zero-order chi connectivity index (χ0) is 17.6. The van der Waals surface area contributed by atoms with Crippen LogP contribution in [0.3, 0.4) is 0 Å². The summed E-state index contributed by atoms with van der Waals surface area (Å²) in [6.07, 6.45) is 8.09. The van der Waals surface area contributed by atoms with Gasteiger partial charge in [0.2, 0.25) is 0 Å². The minimum atomic E-state index is -0.339. The maximum Gasteiger partial charge on any atom is 0.315 e. The van der Waals surface area contributed by atoms with Crippen LogP contribution >= 0.6 is 0 Å². The third kappa shape index (κ3) is 6.98. The predicted octanol–water partition coefficient (Wildman–Crippen LogP) is 2.74. The molecule has 24 heavy (non-hydrogen) atoms. The number of nitrogens with zero attached hydrogens (tertiary/aromatic N) is 1. The smallest absolute Gasteiger partial charge is 0.315 e. The summed E-state index contributed by atoms with van der Waals surface area (Å²) in [7, 11) is 0. The lowest BCUT2D eigenvalue weighted by Crippen LogP contribution is -2.49. The number of hydrogen-bond acceptors (Lipinski definition) is 3. The Balaban J connectivity index is 1.61. The molecule has 3 N–H and O–H groups in total. The molecule has 0 radical (unpaired) electrons. The zero-order valence-corrected chi connectivity index (χ0v) is 15.8. The number of amides is 2. The van der Waals surface area contributed by atoms with Crippen molar-refractivity contribution >= 4 is 6.03 Å². The summed E-state index contributed by atoms with van der Waals surface area (Å²) in [5.74, 6) is 0.911. The third-order valence-electron chi connectivity index (χ3n) is 5.49. The Morgan fingerprint density at radius 3 is 2.42 bits per heavy atom. The first-order chi connectivity index (χ1) is 11.3. The number of carbonyl (C=O) groups excluding carboxylic acids is 1. The SMILES string of the molecule is CC(O)CC(C)(C)CNC(=O)NC1CCN(CC2CCCC2)CC1. The van der Waals surface area contributed by atoms with E-state index in [1.54, 1.807) is 6.92 Å². The van der Waals surface area contributed by atoms with Crippen molar-refractivity contribution in [3.8, 4) is 0 Å². The van der Waals surface area contributed by atoms with E-state index in [9.17, 15) is 9.90 Å². The lowest BCUT2D eigenvalue weighted by Gasteiger charge is -2.34. The predicted molar refractivity (Wildman–Crippen MR) is 98.0 cm³/mol. The van der Waals surface area contributed by atoms with Gasteiger partial charge in [0, 0.05) is 32.2 Å². The Bertz CT molecular complexity index is 384. The van der Waals surface area contributed by atoms with E-state index in [-0.39, 0.29) is 17.6 Å². The van der Waals surface area contributed by atoms with Crippen LogP contribution in [0.25, 0.3) is 0 Å². The number of likely N-dealkylation sites (tertiary alicyclic amines) is 1. The highest BCUT2D eigenvalue weighted by molar-refractivity contribution is 5.74. The van der Waals surface area contributed by atoms with Crippen LogP contribution in [0.4, 0.5) is 4.79 Å². The van der Waals surface area contributed by atoms with Crippen LogP contribution in [0.1, 0.15) is 65.7 Å². The van der Waals surface area contributed by atoms with Gasteiger partial charge in [0.25, 0.3) is 0 Å². The van der Waals surface area contributed by atoms with Crippen molar-refractivity contribution in [1.82, 2.24) is 15.5 Å². The summed E-state index contributed by atoms with van der Waals surface area (Å²) in [6, 6.07) is 0.229. The Morgan fingerprint density at radius 1 is 1.21 bits per heavy atom. The first kappa shape index (κ1) is 19.5. The molecule has 2 aliphatic rings. The van der Waals surface area contributed by atoms with Crippen LogP contribution in [0.2, 0.25) is 0 Å². The summed E-state index contributed by atoms with van der Waals surface area (Å²) >= 11 is 0. The van der Waals surface area contributed by atoms with Crippen LogP contribution in [0.15, 0.2) is 0 Å². The fourth-order valence-electron chi connectivity index (χ4n) is 4.25. The molecule has 2 fully saturated rings. The van der Waals surface area contributed by atoms with Gasteiger partial charge in [-0.15, -0.1) is 0 Å². The minimum Gasteiger partial charge on any atom is -0.393 e. The first-order valence-electron chi connectivity index (χ1n) is 9.79. The van der Waals surface area contributed by atoms with Gasteiger partial charge >= 0.3 is 6.03 Å². The molecule has 1 atom stereocenters. The Hall–Kier alpha value is -0.810. The second-order valence-electron chi connectivity index (χ2n) is 8.77. The number of nitrogens with one attached hydrogen (secondary N) is 2. The molecule has 0 aromatic heterocycles. The van der Waals surface area contributed by atoms with Crippen molar-refractivity contribution in [3.05, 3.63) is 0 Å². The first-order valence-corrected chi connectivity index (χ1v) is 9.79. The van der Waals surface area contributed by atoms with E-state index in [2.05, 4.69) is 29.4 Å². The van der Waals surface area contributed by atoms with E-state index in [4.69, 9.17) is 0 Å². The summed E-state index contributed by atoms with van der Waals surface area (Å²) < 4.78 is 0. The maximum absolute atomic E-state index is 12.1. The second-order valence-corrected chi connectivity index (χ2v) is 8.77. The van der Waals surface area contributed by atoms with Crippen LogP contribution in [-0.4, -0.2) is 54.4 Å². The van der Waals surface area contributed by atoms with E-state index in [0.29, 0.717) is 19.0 Å². The van der Waals surface area contributed by atoms with Gasteiger partial charge in [-0.05, 0) is 50.4 Å². The molecule has 1 heterocycles. The van der Waals surface area contributed by atoms with Crippen molar-refractivity contribution in [2.75, 3.05) is 26.2 Å². The topological polar surface area (TPSA) is 64.6 Å². The van der Waals surface area contributed by atoms with Crippen molar-refractivity contribution in [2.24, 2.45) is 11.3 Å². The van der Waals surface area contributed by atoms with Gasteiger partial charge in [0.05, 0.1) is 6.10 Å². The van der Waals surface area contributed by atoms with E-state index in [1.165, 1.54) is 32.2 Å². The molecule has 1 unspecified atom stereocenters. The highest BCUT2D eigenvalue weighted by atomic mass is 16.3. The molecule has 0 bridgehead atoms. The Kier molecular flexibility index (Phi) is 7.35. The highest BCUT2D eigenvalue weighted by Gasteiger charge is 2.25. The Labute approximate surface area is 147 Å². The summed E-state index contributed by atoms with van der Waals surface area (Å²) in [5.41, 5.74) is -0.0871. The van der Waals surface area contributed by atoms with Gasteiger partial charge in [0.1, 0.15) is 0 Å². The van der Waals surface area contributed by atoms with E-state index in [0.717, 1.165) is 31.8 Å². The molecule has 2 rings (SSSR count). The molecule has 5 nitrogen and oxygen atoms in total. The van der Waals surface area contributed by atoms with Gasteiger partial charge in [-0.1, -0.05) is 26.7 Å². The molecule has 1 aliphatic carbocycles. The van der Waals surface area contributed by atoms with Gasteiger partial charge in [-0.3, -0.25) is 0 Å². The standard InChI is InChI=1S/C19H37N3O2/c1-15(23)12-19(2,3)14-20-18(24)21-17-8-10-22(11-9-17)13-16-6-4-5-7-16/h15-17,23H,4-14H2,1-3H3,(H2,20,21,24). The zero-order valence-electron chi connectivity index (χ0n) is 15.8. The van der Waals surface area contributed by atoms with Crippen LogP contribution in [0, 0.1) is 11.3 Å². The van der Waals surface area contributed by atoms with Crippen LogP contribution in [0.5, 0.6) is 0 Å². The average Bonchev–Trinajstić information content (AvgIpc) is 2.99. The number of aliphatic hydroxyl groups excluding tert-OH is 1. The van der Waals surface area contributed by atoms with Crippen molar-refractivity contribution in [1.29, 1.82) is 0 Å². The van der Waals surface area contributed by atoms with Crippen LogP contribution in [-0.2, 0) is 0 Å². The molecule has 5 heteroatoms. The molecule has 1 saturated heterocycles. The van der Waals surface area contributed by atoms with Gasteiger partial charge < -0.3 is 20.6 Å². The third-order valence-corrected chi connectivity index (χ3v) is 5.49. The fourth-order valence-corrected chi connectivity index (χ4v) is 4.25. The highest BCUT2D eigenvalue weighted by Crippen LogP contribution is 2.26. The molecule has 2 amide bonds. The number of piperidine rings is 1. The lowest BCUT2D eigenvalue weighted by molar-refractivity contribution is 0.128. The normalized spacial score (nSPS) is 22.5. The Morgan fingerprint density at radius 2 is 1.83 bits per heavy atom. The molecule has 1 saturated carbocycles. The largest absolute Gasteiger partial charge is 0.393 e. The van der Waals surface area contributed by atoms with Crippen molar-refractivity contribution in [3.63, 3.8) is 0 Å². The number of urea groups is 1. The molecule has 1 aliphatic heterocycles. The molecule has 0 spiro atoms. The minimum absolute atomic E-state index is 0.0667. The van der Waals surface area contributed by atoms with Crippen molar-refractivity contribution in [2.45, 2.75) is 77.9 Å². The summed E-state index contributed by atoms with van der Waals surface area (Å²) in [4.78, 5) is 14.7. The monoisotopic (exact) mass is 339 g/mol. The molecular weight excluding hydrogens is 302 g/mol. The molecule has 0 aromatic rings. The number of rotatable bonds is 7. The fraction of sp³-hybridized carbons (Fsp3) is 0.947. The van der Waals surface area contributed by atoms with E-state index in [1.807, 2.05) is 0 Å². The summed E-state index contributed by atoms with van der Waals surface area (Å²) in [6.45, 7) is 9.99. The quantitative estimate of drug-likeness (QED) is 0.668. The van der Waals surface area contributed by atoms with Gasteiger partial charge in [0.15, 0.2) is 0 Å². The van der Waals surface area contributed by atoms with Gasteiger partial charge in [-0.25, -0.2) is 4.79 Å². The molecule has 140 valence electrons. The van der Waals surface area contributed by atoms with Crippen LogP contribution < -0.4 is 10.6 Å².